The Bertz CT molecular complexity index is 554. The van der Waals surface area contributed by atoms with Crippen molar-refractivity contribution in [1.82, 2.24) is 0 Å². The lowest BCUT2D eigenvalue weighted by Crippen LogP contribution is -2.04. The number of methoxy groups -OCH3 is 1. The number of nitrogens with two attached hydrogens (primary N) is 1. The molecule has 0 saturated heterocycles. The first-order valence-corrected chi connectivity index (χ1v) is 5.55. The van der Waals surface area contributed by atoms with E-state index in [1.165, 1.54) is 7.11 Å². The lowest BCUT2D eigenvalue weighted by molar-refractivity contribution is -0.140. The summed E-state index contributed by atoms with van der Waals surface area (Å²) in [6.07, 6.45) is 0.967. The molecule has 0 aliphatic carbocycles. The zero-order valence-corrected chi connectivity index (χ0v) is 11.0. The fourth-order valence-corrected chi connectivity index (χ4v) is 1.96. The summed E-state index contributed by atoms with van der Waals surface area (Å²) in [5, 5.41) is 2.25. The highest BCUT2D eigenvalue weighted by atomic mass is 35.5. The number of rotatable bonds is 3. The first-order chi connectivity index (χ1) is 8.22. The second-order valence-electron chi connectivity index (χ2n) is 3.93. The third kappa shape index (κ3) is 2.93. The van der Waals surface area contributed by atoms with Crippen LogP contribution in [0.2, 0.25) is 0 Å². The first kappa shape index (κ1) is 14.3. The zero-order chi connectivity index (χ0) is 12.3. The highest BCUT2D eigenvalue weighted by molar-refractivity contribution is 5.90. The maximum Gasteiger partial charge on any atom is 0.305 e. The summed E-state index contributed by atoms with van der Waals surface area (Å²) in [7, 11) is 1.40. The van der Waals surface area contributed by atoms with Crippen LogP contribution in [-0.4, -0.2) is 13.1 Å². The number of anilines is 1. The zero-order valence-electron chi connectivity index (χ0n) is 10.2. The van der Waals surface area contributed by atoms with E-state index in [1.54, 1.807) is 0 Å². The van der Waals surface area contributed by atoms with Gasteiger partial charge in [-0.05, 0) is 28.8 Å². The number of ether oxygens (including phenoxy) is 1. The smallest absolute Gasteiger partial charge is 0.305 e. The molecule has 3 nitrogen and oxygen atoms in total. The van der Waals surface area contributed by atoms with Crippen LogP contribution in [0.4, 0.5) is 5.69 Å². The van der Waals surface area contributed by atoms with Gasteiger partial charge in [-0.25, -0.2) is 0 Å². The number of carbonyl (C=O) groups is 1. The van der Waals surface area contributed by atoms with Crippen molar-refractivity contribution in [2.24, 2.45) is 0 Å². The number of carbonyl (C=O) groups excluding carboxylic acids is 1. The van der Waals surface area contributed by atoms with E-state index >= 15 is 0 Å². The van der Waals surface area contributed by atoms with Gasteiger partial charge in [0.1, 0.15) is 0 Å². The van der Waals surface area contributed by atoms with E-state index in [4.69, 9.17) is 5.73 Å². The molecule has 0 spiro atoms. The molecular weight excluding hydrogens is 250 g/mol. The van der Waals surface area contributed by atoms with Gasteiger partial charge in [0.25, 0.3) is 0 Å². The van der Waals surface area contributed by atoms with Gasteiger partial charge in [-0.3, -0.25) is 4.79 Å². The van der Waals surface area contributed by atoms with Crippen molar-refractivity contribution >= 4 is 34.8 Å². The number of benzene rings is 2. The lowest BCUT2D eigenvalue weighted by Gasteiger charge is -2.09. The van der Waals surface area contributed by atoms with Gasteiger partial charge in [0.05, 0.1) is 7.11 Å². The van der Waals surface area contributed by atoms with Crippen molar-refractivity contribution < 1.29 is 9.53 Å². The van der Waals surface area contributed by atoms with Crippen LogP contribution in [-0.2, 0) is 16.0 Å². The standard InChI is InChI=1S/C14H15NO2.ClH/c1-17-14(16)9-7-12-11-5-3-2-4-10(11)6-8-13(12)15;/h2-6,8H,7,9,15H2,1H3;1H. The quantitative estimate of drug-likeness (QED) is 0.686. The van der Waals surface area contributed by atoms with E-state index in [-0.39, 0.29) is 18.4 Å². The van der Waals surface area contributed by atoms with Crippen LogP contribution >= 0.6 is 12.4 Å². The van der Waals surface area contributed by atoms with Crippen molar-refractivity contribution in [3.63, 3.8) is 0 Å². The van der Waals surface area contributed by atoms with Crippen LogP contribution in [0.25, 0.3) is 10.8 Å². The molecule has 0 aliphatic heterocycles. The van der Waals surface area contributed by atoms with E-state index in [0.29, 0.717) is 12.8 Å². The first-order valence-electron chi connectivity index (χ1n) is 5.55. The molecule has 0 atom stereocenters. The van der Waals surface area contributed by atoms with Crippen LogP contribution in [0.5, 0.6) is 0 Å². The van der Waals surface area contributed by atoms with Gasteiger partial charge in [-0.2, -0.15) is 0 Å². The molecule has 0 heterocycles. The van der Waals surface area contributed by atoms with Crippen LogP contribution < -0.4 is 5.73 Å². The van der Waals surface area contributed by atoms with Gasteiger partial charge in [0, 0.05) is 12.1 Å². The summed E-state index contributed by atoms with van der Waals surface area (Å²) in [6, 6.07) is 11.9. The Morgan fingerprint density at radius 3 is 2.67 bits per heavy atom. The van der Waals surface area contributed by atoms with Gasteiger partial charge < -0.3 is 10.5 Å². The van der Waals surface area contributed by atoms with E-state index in [0.717, 1.165) is 22.0 Å². The molecule has 0 aliphatic rings. The number of hydrogen-bond donors (Lipinski definition) is 1. The molecule has 2 N–H and O–H groups in total. The normalized spacial score (nSPS) is 9.83. The molecule has 0 bridgehead atoms. The molecule has 2 rings (SSSR count). The molecule has 0 unspecified atom stereocenters. The molecule has 0 amide bonds. The third-order valence-corrected chi connectivity index (χ3v) is 2.88. The van der Waals surface area contributed by atoms with E-state index < -0.39 is 0 Å². The average Bonchev–Trinajstić information content (AvgIpc) is 2.37. The molecule has 4 heteroatoms. The van der Waals surface area contributed by atoms with Crippen molar-refractivity contribution in [3.05, 3.63) is 42.0 Å². The maximum absolute atomic E-state index is 11.2. The van der Waals surface area contributed by atoms with Crippen LogP contribution in [0.3, 0.4) is 0 Å². The Hall–Kier alpha value is -1.74. The van der Waals surface area contributed by atoms with Gasteiger partial charge in [0.2, 0.25) is 0 Å². The molecule has 0 fully saturated rings. The van der Waals surface area contributed by atoms with Crippen LogP contribution in [0.15, 0.2) is 36.4 Å². The molecule has 0 saturated carbocycles. The minimum atomic E-state index is -0.211. The predicted molar refractivity (Wildman–Crippen MR) is 75.9 cm³/mol. The number of hydrogen-bond acceptors (Lipinski definition) is 3. The van der Waals surface area contributed by atoms with Gasteiger partial charge in [0.15, 0.2) is 0 Å². The van der Waals surface area contributed by atoms with E-state index in [9.17, 15) is 4.79 Å². The molecule has 0 aromatic heterocycles. The SMILES string of the molecule is COC(=O)CCc1c(N)ccc2ccccc12.Cl. The van der Waals surface area contributed by atoms with Gasteiger partial charge in [-0.15, -0.1) is 12.4 Å². The Balaban J connectivity index is 0.00000162. The highest BCUT2D eigenvalue weighted by Gasteiger charge is 2.08. The minimum Gasteiger partial charge on any atom is -0.469 e. The molecule has 2 aromatic carbocycles. The lowest BCUT2D eigenvalue weighted by atomic mass is 9.99. The molecule has 0 radical (unpaired) electrons. The topological polar surface area (TPSA) is 52.3 Å². The average molecular weight is 266 g/mol. The molecule has 2 aromatic rings. The summed E-state index contributed by atoms with van der Waals surface area (Å²) in [5.41, 5.74) is 7.71. The Labute approximate surface area is 112 Å². The molecular formula is C14H16ClNO2. The molecule has 96 valence electrons. The van der Waals surface area contributed by atoms with E-state index in [1.807, 2.05) is 36.4 Å². The number of nitrogen functional groups attached to an aromatic ring is 1. The maximum atomic E-state index is 11.2. The summed E-state index contributed by atoms with van der Waals surface area (Å²) in [4.78, 5) is 11.2. The second-order valence-corrected chi connectivity index (χ2v) is 3.93. The van der Waals surface area contributed by atoms with Gasteiger partial charge >= 0.3 is 5.97 Å². The second kappa shape index (κ2) is 6.26. The Morgan fingerprint density at radius 2 is 1.94 bits per heavy atom. The van der Waals surface area contributed by atoms with Crippen molar-refractivity contribution in [2.45, 2.75) is 12.8 Å². The summed E-state index contributed by atoms with van der Waals surface area (Å²) in [6.45, 7) is 0. The van der Waals surface area contributed by atoms with Gasteiger partial charge in [-0.1, -0.05) is 30.3 Å². The van der Waals surface area contributed by atoms with E-state index in [2.05, 4.69) is 4.74 Å². The van der Waals surface area contributed by atoms with Crippen LogP contribution in [0, 0.1) is 0 Å². The van der Waals surface area contributed by atoms with Crippen LogP contribution in [0.1, 0.15) is 12.0 Å². The number of fused-ring (bicyclic) bond motifs is 1. The fourth-order valence-electron chi connectivity index (χ4n) is 1.96. The number of aryl methyl sites for hydroxylation is 1. The van der Waals surface area contributed by atoms with Crippen molar-refractivity contribution in [2.75, 3.05) is 12.8 Å². The van der Waals surface area contributed by atoms with Crippen molar-refractivity contribution in [3.8, 4) is 0 Å². The minimum absolute atomic E-state index is 0. The fraction of sp³-hybridized carbons (Fsp3) is 0.214. The number of halogens is 1. The molecule has 18 heavy (non-hydrogen) atoms. The Kier molecular flexibility index (Phi) is 4.98. The monoisotopic (exact) mass is 265 g/mol. The third-order valence-electron chi connectivity index (χ3n) is 2.88. The largest absolute Gasteiger partial charge is 0.469 e. The highest BCUT2D eigenvalue weighted by Crippen LogP contribution is 2.25. The Morgan fingerprint density at radius 1 is 1.22 bits per heavy atom. The number of esters is 1. The van der Waals surface area contributed by atoms with Crippen molar-refractivity contribution in [1.29, 1.82) is 0 Å². The predicted octanol–water partition coefficient (Wildman–Crippen LogP) is 2.95. The summed E-state index contributed by atoms with van der Waals surface area (Å²) < 4.78 is 4.64. The summed E-state index contributed by atoms with van der Waals surface area (Å²) >= 11 is 0. The summed E-state index contributed by atoms with van der Waals surface area (Å²) in [5.74, 6) is -0.211.